The molecule has 0 nitrogen and oxygen atoms in total. The van der Waals surface area contributed by atoms with Crippen LogP contribution < -0.4 is 0 Å². The first-order valence-electron chi connectivity index (χ1n) is 1.80. The normalized spacial score (nSPS) is 9.88. The number of halogens is 3. The first-order chi connectivity index (χ1) is 3.72. The minimum Gasteiger partial charge on any atom is -0.202 e. The van der Waals surface area contributed by atoms with Crippen LogP contribution in [0.4, 0.5) is 8.78 Å². The van der Waals surface area contributed by atoms with Crippen molar-refractivity contribution in [2.24, 2.45) is 0 Å². The monoisotopic (exact) mass is 198 g/mol. The number of hydrogen-bond acceptors (Lipinski definition) is 1. The van der Waals surface area contributed by atoms with Gasteiger partial charge in [-0.25, -0.2) is 4.39 Å². The zero-order valence-corrected chi connectivity index (χ0v) is 6.02. The van der Waals surface area contributed by atoms with Crippen LogP contribution in [0.5, 0.6) is 0 Å². The van der Waals surface area contributed by atoms with Gasteiger partial charge < -0.3 is 0 Å². The molecule has 4 heteroatoms. The average molecular weight is 199 g/mol. The first kappa shape index (κ1) is 6.16. The summed E-state index contributed by atoms with van der Waals surface area (Å²) >= 11 is 3.55. The Labute approximate surface area is 57.3 Å². The van der Waals surface area contributed by atoms with Crippen LogP contribution in [-0.4, -0.2) is 0 Å². The molecule has 0 radical (unpaired) electrons. The first-order valence-corrected chi connectivity index (χ1v) is 3.47. The maximum Gasteiger partial charge on any atom is 0.213 e. The zero-order valence-electron chi connectivity index (χ0n) is 3.62. The Bertz CT molecular complexity index is 176. The minimum atomic E-state index is -0.796. The van der Waals surface area contributed by atoms with Gasteiger partial charge in [0.25, 0.3) is 0 Å². The predicted octanol–water partition coefficient (Wildman–Crippen LogP) is 2.79. The molecule has 0 bridgehead atoms. The van der Waals surface area contributed by atoms with Crippen LogP contribution in [0, 0.1) is 10.9 Å². The van der Waals surface area contributed by atoms with Crippen molar-refractivity contribution in [2.75, 3.05) is 0 Å². The van der Waals surface area contributed by atoms with Gasteiger partial charge in [-0.1, -0.05) is 0 Å². The summed E-state index contributed by atoms with van der Waals surface area (Å²) in [6.45, 7) is 0. The molecule has 1 aromatic rings. The van der Waals surface area contributed by atoms with Crippen molar-refractivity contribution in [3.05, 3.63) is 20.8 Å². The Morgan fingerprint density at radius 1 is 1.50 bits per heavy atom. The quantitative estimate of drug-likeness (QED) is 0.602. The van der Waals surface area contributed by atoms with Crippen LogP contribution in [0.15, 0.2) is 9.85 Å². The van der Waals surface area contributed by atoms with E-state index in [1.165, 1.54) is 5.38 Å². The molecular formula is C4HBrF2S. The molecule has 0 saturated carbocycles. The van der Waals surface area contributed by atoms with E-state index in [4.69, 9.17) is 0 Å². The minimum absolute atomic E-state index is 0.194. The lowest BCUT2D eigenvalue weighted by molar-refractivity contribution is 0.526. The third kappa shape index (κ3) is 0.902. The lowest BCUT2D eigenvalue weighted by Crippen LogP contribution is -1.68. The molecule has 0 amide bonds. The molecule has 0 aromatic carbocycles. The molecule has 0 fully saturated rings. The highest BCUT2D eigenvalue weighted by molar-refractivity contribution is 9.10. The Morgan fingerprint density at radius 2 is 2.12 bits per heavy atom. The van der Waals surface area contributed by atoms with Gasteiger partial charge in [0.15, 0.2) is 5.82 Å². The van der Waals surface area contributed by atoms with Gasteiger partial charge in [0.2, 0.25) is 5.13 Å². The molecule has 0 saturated heterocycles. The van der Waals surface area contributed by atoms with Gasteiger partial charge in [0.1, 0.15) is 0 Å². The van der Waals surface area contributed by atoms with Crippen LogP contribution in [0.25, 0.3) is 0 Å². The molecule has 8 heavy (non-hydrogen) atoms. The van der Waals surface area contributed by atoms with Crippen LogP contribution >= 0.6 is 27.3 Å². The molecule has 44 valence electrons. The molecule has 0 N–H and O–H groups in total. The largest absolute Gasteiger partial charge is 0.213 e. The molecule has 0 spiro atoms. The SMILES string of the molecule is Fc1scc(Br)c1F. The van der Waals surface area contributed by atoms with Gasteiger partial charge in [-0.05, 0) is 15.9 Å². The van der Waals surface area contributed by atoms with Gasteiger partial charge in [-0.3, -0.25) is 0 Å². The average Bonchev–Trinajstić information content (AvgIpc) is 1.98. The molecule has 0 aliphatic carbocycles. The van der Waals surface area contributed by atoms with Gasteiger partial charge in [-0.15, -0.1) is 11.3 Å². The third-order valence-corrected chi connectivity index (χ3v) is 2.27. The van der Waals surface area contributed by atoms with Crippen molar-refractivity contribution in [3.63, 3.8) is 0 Å². The Hall–Kier alpha value is 0.0400. The molecule has 1 heterocycles. The fourth-order valence-corrected chi connectivity index (χ4v) is 1.41. The van der Waals surface area contributed by atoms with Crippen LogP contribution in [0.3, 0.4) is 0 Å². The number of thiophene rings is 1. The van der Waals surface area contributed by atoms with Crippen molar-refractivity contribution in [2.45, 2.75) is 0 Å². The standard InChI is InChI=1S/C4HBrF2S/c5-2-1-8-4(7)3(2)6/h1H. The van der Waals surface area contributed by atoms with Crippen LogP contribution in [0.1, 0.15) is 0 Å². The smallest absolute Gasteiger partial charge is 0.202 e. The highest BCUT2D eigenvalue weighted by Gasteiger charge is 2.06. The zero-order chi connectivity index (χ0) is 6.15. The highest BCUT2D eigenvalue weighted by atomic mass is 79.9. The summed E-state index contributed by atoms with van der Waals surface area (Å²) in [5, 5.41) is 0.599. The lowest BCUT2D eigenvalue weighted by Gasteiger charge is -1.76. The fraction of sp³-hybridized carbons (Fsp3) is 0. The summed E-state index contributed by atoms with van der Waals surface area (Å²) in [5.41, 5.74) is 0. The second-order valence-electron chi connectivity index (χ2n) is 1.17. The van der Waals surface area contributed by atoms with Crippen LogP contribution in [-0.2, 0) is 0 Å². The van der Waals surface area contributed by atoms with Crippen molar-refractivity contribution in [1.29, 1.82) is 0 Å². The topological polar surface area (TPSA) is 0 Å². The van der Waals surface area contributed by atoms with E-state index in [0.717, 1.165) is 11.3 Å². The Balaban J connectivity index is 3.19. The summed E-state index contributed by atoms with van der Waals surface area (Å²) in [6.07, 6.45) is 0. The van der Waals surface area contributed by atoms with E-state index in [1.807, 2.05) is 0 Å². The predicted molar refractivity (Wildman–Crippen MR) is 31.9 cm³/mol. The molecule has 0 aliphatic heterocycles. The van der Waals surface area contributed by atoms with Crippen molar-refractivity contribution >= 4 is 27.3 Å². The molecular weight excluding hydrogens is 198 g/mol. The summed E-state index contributed by atoms with van der Waals surface area (Å²) in [5.74, 6) is -0.796. The number of rotatable bonds is 0. The maximum atomic E-state index is 12.1. The van der Waals surface area contributed by atoms with E-state index < -0.39 is 10.9 Å². The summed E-state index contributed by atoms with van der Waals surface area (Å²) < 4.78 is 24.2. The second kappa shape index (κ2) is 2.11. The van der Waals surface area contributed by atoms with Gasteiger partial charge >= 0.3 is 0 Å². The summed E-state index contributed by atoms with van der Waals surface area (Å²) in [4.78, 5) is 0. The van der Waals surface area contributed by atoms with E-state index in [-0.39, 0.29) is 4.47 Å². The number of hydrogen-bond donors (Lipinski definition) is 0. The lowest BCUT2D eigenvalue weighted by atomic mass is 10.6. The molecule has 0 aliphatic rings. The van der Waals surface area contributed by atoms with Gasteiger partial charge in [0.05, 0.1) is 4.47 Å². The van der Waals surface area contributed by atoms with E-state index in [1.54, 1.807) is 0 Å². The van der Waals surface area contributed by atoms with Crippen molar-refractivity contribution in [1.82, 2.24) is 0 Å². The van der Waals surface area contributed by atoms with E-state index in [2.05, 4.69) is 15.9 Å². The summed E-state index contributed by atoms with van der Waals surface area (Å²) in [6, 6.07) is 0. The highest BCUT2D eigenvalue weighted by Crippen LogP contribution is 2.23. The van der Waals surface area contributed by atoms with Gasteiger partial charge in [0, 0.05) is 5.38 Å². The van der Waals surface area contributed by atoms with E-state index >= 15 is 0 Å². The van der Waals surface area contributed by atoms with E-state index in [9.17, 15) is 8.78 Å². The molecule has 0 unspecified atom stereocenters. The third-order valence-electron chi connectivity index (χ3n) is 0.648. The van der Waals surface area contributed by atoms with Crippen molar-refractivity contribution in [3.8, 4) is 0 Å². The molecule has 1 rings (SSSR count). The second-order valence-corrected chi connectivity index (χ2v) is 2.86. The molecule has 0 atom stereocenters. The molecule has 1 aromatic heterocycles. The van der Waals surface area contributed by atoms with E-state index in [0.29, 0.717) is 0 Å². The summed E-state index contributed by atoms with van der Waals surface area (Å²) in [7, 11) is 0. The Kier molecular flexibility index (Phi) is 1.62. The fourth-order valence-electron chi connectivity index (χ4n) is 0.301. The Morgan fingerprint density at radius 3 is 2.25 bits per heavy atom. The van der Waals surface area contributed by atoms with Gasteiger partial charge in [-0.2, -0.15) is 4.39 Å². The van der Waals surface area contributed by atoms with Crippen molar-refractivity contribution < 1.29 is 8.78 Å². The van der Waals surface area contributed by atoms with Crippen LogP contribution in [0.2, 0.25) is 0 Å². The maximum absolute atomic E-state index is 12.1.